The van der Waals surface area contributed by atoms with Gasteiger partial charge in [-0.1, -0.05) is 42.5 Å². The van der Waals surface area contributed by atoms with E-state index in [0.29, 0.717) is 32.5 Å². The predicted octanol–water partition coefficient (Wildman–Crippen LogP) is 2.86. The molecule has 1 aromatic carbocycles. The number of amides is 3. The van der Waals surface area contributed by atoms with Gasteiger partial charge in [0.25, 0.3) is 0 Å². The Morgan fingerprint density at radius 2 is 1.75 bits per heavy atom. The zero-order valence-electron chi connectivity index (χ0n) is 21.2. The monoisotopic (exact) mass is 509 g/mol. The summed E-state index contributed by atoms with van der Waals surface area (Å²) in [6.07, 6.45) is 9.32. The smallest absolute Gasteiger partial charge is 0.247 e. The van der Waals surface area contributed by atoms with E-state index in [1.165, 1.54) is 0 Å². The van der Waals surface area contributed by atoms with Crippen molar-refractivity contribution in [1.29, 1.82) is 0 Å². The topological polar surface area (TPSA) is 81.2 Å². The number of benzene rings is 1. The highest BCUT2D eigenvalue weighted by molar-refractivity contribution is 8.02. The molecule has 0 radical (unpaired) electrons. The van der Waals surface area contributed by atoms with Gasteiger partial charge >= 0.3 is 0 Å². The number of anilines is 1. The first-order valence-corrected chi connectivity index (χ1v) is 13.7. The minimum atomic E-state index is -0.803. The number of unbranched alkanes of at least 4 members (excludes halogenated alkanes) is 1. The minimum absolute atomic E-state index is 0.0397. The minimum Gasteiger partial charge on any atom is -0.396 e. The van der Waals surface area contributed by atoms with E-state index >= 15 is 0 Å². The molecule has 4 heterocycles. The number of aliphatic hydroxyl groups excluding tert-OH is 1. The lowest BCUT2D eigenvalue weighted by Crippen LogP contribution is -2.57. The van der Waals surface area contributed by atoms with Crippen LogP contribution in [0, 0.1) is 11.8 Å². The molecule has 4 aliphatic heterocycles. The van der Waals surface area contributed by atoms with Crippen molar-refractivity contribution in [3.05, 3.63) is 54.6 Å². The summed E-state index contributed by atoms with van der Waals surface area (Å²) in [4.78, 5) is 47.7. The Labute approximate surface area is 217 Å². The first-order valence-electron chi connectivity index (χ1n) is 12.8. The fraction of sp³-hybridized carbons (Fsp3) is 0.536. The first-order chi connectivity index (χ1) is 17.2. The molecule has 1 aromatic rings. The standard InChI is InChI=1S/C28H35N3O4S/c1-27(2,3)31-17-10-14-28-22(25(34)30(15-7-8-18-32)23(28)26(31)35)21-20(36-28)13-9-16-29(24(21)33)19-11-5-4-6-12-19/h4-6,9-14,20-23,32H,7-8,15-18H2,1-3H3/t20-,21+,22-,23?,28-/m0/s1. The maximum Gasteiger partial charge on any atom is 0.247 e. The Morgan fingerprint density at radius 1 is 1.00 bits per heavy atom. The van der Waals surface area contributed by atoms with Gasteiger partial charge in [0.1, 0.15) is 6.04 Å². The molecular formula is C28H35N3O4S. The summed E-state index contributed by atoms with van der Waals surface area (Å²) in [5, 5.41) is 9.17. The van der Waals surface area contributed by atoms with Gasteiger partial charge < -0.3 is 19.8 Å². The summed E-state index contributed by atoms with van der Waals surface area (Å²) in [7, 11) is 0. The molecule has 2 fully saturated rings. The summed E-state index contributed by atoms with van der Waals surface area (Å²) in [6.45, 7) is 7.40. The Bertz CT molecular complexity index is 1100. The molecule has 36 heavy (non-hydrogen) atoms. The number of fused-ring (bicyclic) bond motifs is 2. The molecule has 192 valence electrons. The van der Waals surface area contributed by atoms with Crippen LogP contribution < -0.4 is 4.90 Å². The highest BCUT2D eigenvalue weighted by atomic mass is 32.2. The molecule has 8 heteroatoms. The molecule has 1 unspecified atom stereocenters. The van der Waals surface area contributed by atoms with Crippen molar-refractivity contribution >= 4 is 35.2 Å². The van der Waals surface area contributed by atoms with E-state index < -0.39 is 28.2 Å². The second-order valence-corrected chi connectivity index (χ2v) is 12.5. The molecule has 5 atom stereocenters. The van der Waals surface area contributed by atoms with Gasteiger partial charge in [-0.25, -0.2) is 0 Å². The number of thioether (sulfide) groups is 1. The average Bonchev–Trinajstić information content (AvgIpc) is 3.14. The Hall–Kier alpha value is -2.58. The molecule has 1 spiro atoms. The van der Waals surface area contributed by atoms with Crippen LogP contribution in [0.4, 0.5) is 5.69 Å². The molecule has 0 aromatic heterocycles. The van der Waals surface area contributed by atoms with Crippen LogP contribution in [0.15, 0.2) is 54.6 Å². The number of rotatable bonds is 5. The van der Waals surface area contributed by atoms with Crippen molar-refractivity contribution < 1.29 is 19.5 Å². The highest BCUT2D eigenvalue weighted by Gasteiger charge is 2.71. The summed E-state index contributed by atoms with van der Waals surface area (Å²) in [5.74, 6) is -1.41. The summed E-state index contributed by atoms with van der Waals surface area (Å²) >= 11 is 1.61. The lowest BCUT2D eigenvalue weighted by molar-refractivity contribution is -0.145. The third-order valence-corrected chi connectivity index (χ3v) is 9.59. The Balaban J connectivity index is 1.59. The fourth-order valence-electron chi connectivity index (χ4n) is 6.21. The van der Waals surface area contributed by atoms with E-state index in [2.05, 4.69) is 12.2 Å². The van der Waals surface area contributed by atoms with Gasteiger partial charge in [-0.2, -0.15) is 0 Å². The predicted molar refractivity (Wildman–Crippen MR) is 141 cm³/mol. The van der Waals surface area contributed by atoms with Crippen LogP contribution in [0.5, 0.6) is 0 Å². The number of hydrogen-bond donors (Lipinski definition) is 1. The van der Waals surface area contributed by atoms with Crippen molar-refractivity contribution in [1.82, 2.24) is 9.80 Å². The van der Waals surface area contributed by atoms with Crippen molar-refractivity contribution in [3.63, 3.8) is 0 Å². The van der Waals surface area contributed by atoms with Crippen LogP contribution in [0.1, 0.15) is 33.6 Å². The molecule has 0 saturated carbocycles. The van der Waals surface area contributed by atoms with Crippen LogP contribution >= 0.6 is 11.8 Å². The second kappa shape index (κ2) is 9.38. The van der Waals surface area contributed by atoms with E-state index in [1.54, 1.807) is 21.6 Å². The molecule has 1 N–H and O–H groups in total. The van der Waals surface area contributed by atoms with E-state index in [0.717, 1.165) is 5.69 Å². The highest BCUT2D eigenvalue weighted by Crippen LogP contribution is 2.61. The van der Waals surface area contributed by atoms with Gasteiger partial charge in [-0.15, -0.1) is 11.8 Å². The molecule has 0 aliphatic carbocycles. The quantitative estimate of drug-likeness (QED) is 0.488. The van der Waals surface area contributed by atoms with Gasteiger partial charge in [0.2, 0.25) is 17.7 Å². The zero-order chi connectivity index (χ0) is 25.7. The summed E-state index contributed by atoms with van der Waals surface area (Å²) in [5.41, 5.74) is 0.407. The molecule has 5 rings (SSSR count). The average molecular weight is 510 g/mol. The number of carbonyl (C=O) groups excluding carboxylic acids is 3. The van der Waals surface area contributed by atoms with Crippen molar-refractivity contribution in [3.8, 4) is 0 Å². The second-order valence-electron chi connectivity index (χ2n) is 11.0. The summed E-state index contributed by atoms with van der Waals surface area (Å²) in [6, 6.07) is 8.90. The zero-order valence-corrected chi connectivity index (χ0v) is 22.0. The Kier molecular flexibility index (Phi) is 6.53. The third kappa shape index (κ3) is 3.89. The first kappa shape index (κ1) is 25.1. The normalized spacial score (nSPS) is 31.9. The van der Waals surface area contributed by atoms with Crippen LogP contribution in [0.25, 0.3) is 0 Å². The van der Waals surface area contributed by atoms with Gasteiger partial charge in [-0.05, 0) is 45.7 Å². The van der Waals surface area contributed by atoms with E-state index in [1.807, 2.05) is 68.2 Å². The number of aliphatic hydroxyl groups is 1. The van der Waals surface area contributed by atoms with Crippen LogP contribution in [0.3, 0.4) is 0 Å². The fourth-order valence-corrected chi connectivity index (χ4v) is 8.22. The SMILES string of the molecule is CC(C)(C)N1CC=C[C@]23S[C@H]4C=CCN(c5ccccc5)C(=O)[C@H]4[C@H]2C(=O)N(CCCCO)C3C1=O. The number of likely N-dealkylation sites (tertiary alicyclic amines) is 1. The van der Waals surface area contributed by atoms with Crippen LogP contribution in [-0.4, -0.2) is 80.4 Å². The van der Waals surface area contributed by atoms with Crippen molar-refractivity contribution in [2.24, 2.45) is 11.8 Å². The molecule has 3 amide bonds. The van der Waals surface area contributed by atoms with Crippen molar-refractivity contribution in [2.75, 3.05) is 31.1 Å². The van der Waals surface area contributed by atoms with Crippen molar-refractivity contribution in [2.45, 2.75) is 55.2 Å². The van der Waals surface area contributed by atoms with E-state index in [-0.39, 0.29) is 29.6 Å². The molecule has 7 nitrogen and oxygen atoms in total. The van der Waals surface area contributed by atoms with Crippen LogP contribution in [0.2, 0.25) is 0 Å². The third-order valence-electron chi connectivity index (χ3n) is 7.84. The lowest BCUT2D eigenvalue weighted by Gasteiger charge is -2.40. The van der Waals surface area contributed by atoms with E-state index in [9.17, 15) is 19.5 Å². The van der Waals surface area contributed by atoms with Gasteiger partial charge in [-0.3, -0.25) is 14.4 Å². The number of para-hydroxylation sites is 1. The molecule has 2 saturated heterocycles. The van der Waals surface area contributed by atoms with Gasteiger partial charge in [0.05, 0.1) is 16.6 Å². The molecule has 0 bridgehead atoms. The summed E-state index contributed by atoms with van der Waals surface area (Å²) < 4.78 is -0.803. The van der Waals surface area contributed by atoms with Crippen LogP contribution in [-0.2, 0) is 14.4 Å². The van der Waals surface area contributed by atoms with Gasteiger partial charge in [0, 0.05) is 42.7 Å². The van der Waals surface area contributed by atoms with Gasteiger partial charge in [0.15, 0.2) is 0 Å². The number of nitrogens with zero attached hydrogens (tertiary/aromatic N) is 3. The maximum absolute atomic E-state index is 14.2. The molecular weight excluding hydrogens is 474 g/mol. The Morgan fingerprint density at radius 3 is 2.44 bits per heavy atom. The maximum atomic E-state index is 14.2. The largest absolute Gasteiger partial charge is 0.396 e. The number of carbonyl (C=O) groups is 3. The lowest BCUT2D eigenvalue weighted by atomic mass is 9.78. The molecule has 4 aliphatic rings. The number of hydrogen-bond acceptors (Lipinski definition) is 5. The van der Waals surface area contributed by atoms with E-state index in [4.69, 9.17) is 0 Å².